The maximum absolute atomic E-state index is 13.9. The van der Waals surface area contributed by atoms with Gasteiger partial charge in [-0.25, -0.2) is 14.6 Å². The number of hydrogen-bond donors (Lipinski definition) is 0. The van der Waals surface area contributed by atoms with Crippen molar-refractivity contribution in [2.75, 3.05) is 33.5 Å². The first-order valence-corrected chi connectivity index (χ1v) is 13.9. The molecule has 0 unspecified atom stereocenters. The molecule has 1 atom stereocenters. The summed E-state index contributed by atoms with van der Waals surface area (Å²) < 4.78 is 28.6. The molecule has 0 N–H and O–H groups in total. The molecule has 1 aliphatic rings. The van der Waals surface area contributed by atoms with Gasteiger partial charge in [-0.05, 0) is 62.2 Å². The highest BCUT2D eigenvalue weighted by Crippen LogP contribution is 2.36. The van der Waals surface area contributed by atoms with Gasteiger partial charge in [0.25, 0.3) is 5.56 Å². The molecule has 0 fully saturated rings. The van der Waals surface area contributed by atoms with Crippen LogP contribution in [0.5, 0.6) is 17.2 Å². The molecule has 0 radical (unpaired) electrons. The van der Waals surface area contributed by atoms with Crippen molar-refractivity contribution in [3.8, 4) is 23.3 Å². The first kappa shape index (κ1) is 30.1. The van der Waals surface area contributed by atoms with Gasteiger partial charge >= 0.3 is 11.9 Å². The Hall–Kier alpha value is -4.89. The first-order chi connectivity index (χ1) is 20.3. The lowest BCUT2D eigenvalue weighted by Crippen LogP contribution is -2.40. The standard InChI is InChI=1S/C30H29N3O8S/c1-5-38-23-16-20(10-11-22(23)41-17-25(34)37-4)27-26(29(36)39-6-2)18(3)32-30-33(27)28(35)24(42-30)15-19-8-7-9-21(14-19)40-13-12-31/h7-11,14-16,27H,5-6,13,17H2,1-4H3/b24-15+/t27-/m1/s1. The molecule has 0 saturated heterocycles. The summed E-state index contributed by atoms with van der Waals surface area (Å²) in [5, 5.41) is 8.81. The number of fused-ring (bicyclic) bond motifs is 1. The number of nitriles is 1. The van der Waals surface area contributed by atoms with Gasteiger partial charge in [0.1, 0.15) is 11.8 Å². The number of aromatic nitrogens is 1. The SMILES string of the molecule is CCOC(=O)C1=C(C)N=c2s/c(=C/c3cccc(OCC#N)c3)c(=O)n2[C@@H]1c1ccc(OCC(=O)OC)c(OCC)c1. The maximum Gasteiger partial charge on any atom is 0.343 e. The van der Waals surface area contributed by atoms with Crippen molar-refractivity contribution < 1.29 is 33.3 Å². The second kappa shape index (κ2) is 13.6. The Balaban J connectivity index is 1.87. The molecule has 0 spiro atoms. The van der Waals surface area contributed by atoms with Gasteiger partial charge in [0.15, 0.2) is 29.5 Å². The summed E-state index contributed by atoms with van der Waals surface area (Å²) in [5.74, 6) is -0.0268. The van der Waals surface area contributed by atoms with Crippen molar-refractivity contribution in [1.82, 2.24) is 4.57 Å². The van der Waals surface area contributed by atoms with E-state index in [0.29, 0.717) is 50.0 Å². The number of carbonyl (C=O) groups excluding carboxylic acids is 2. The first-order valence-electron chi connectivity index (χ1n) is 13.1. The average Bonchev–Trinajstić information content (AvgIpc) is 3.28. The summed E-state index contributed by atoms with van der Waals surface area (Å²) >= 11 is 1.18. The molecule has 0 amide bonds. The van der Waals surface area contributed by atoms with E-state index in [9.17, 15) is 14.4 Å². The molecule has 42 heavy (non-hydrogen) atoms. The monoisotopic (exact) mass is 591 g/mol. The molecule has 2 heterocycles. The molecule has 12 heteroatoms. The van der Waals surface area contributed by atoms with Crippen LogP contribution in [0.3, 0.4) is 0 Å². The van der Waals surface area contributed by atoms with Crippen molar-refractivity contribution in [3.63, 3.8) is 0 Å². The number of ether oxygens (including phenoxy) is 5. The molecule has 11 nitrogen and oxygen atoms in total. The molecule has 0 aliphatic carbocycles. The molecule has 0 bridgehead atoms. The Bertz CT molecular complexity index is 1750. The third-order valence-corrected chi connectivity index (χ3v) is 7.12. The van der Waals surface area contributed by atoms with Gasteiger partial charge in [-0.3, -0.25) is 9.36 Å². The maximum atomic E-state index is 13.9. The molecule has 1 aliphatic heterocycles. The van der Waals surface area contributed by atoms with Crippen molar-refractivity contribution in [3.05, 3.63) is 84.5 Å². The van der Waals surface area contributed by atoms with Crippen LogP contribution >= 0.6 is 11.3 Å². The van der Waals surface area contributed by atoms with Gasteiger partial charge in [-0.1, -0.05) is 29.5 Å². The third kappa shape index (κ3) is 6.53. The van der Waals surface area contributed by atoms with Gasteiger partial charge in [0.2, 0.25) is 0 Å². The average molecular weight is 592 g/mol. The smallest absolute Gasteiger partial charge is 0.343 e. The summed E-state index contributed by atoms with van der Waals surface area (Å²) in [6.45, 7) is 5.23. The molecule has 3 aromatic rings. The zero-order valence-corrected chi connectivity index (χ0v) is 24.4. The summed E-state index contributed by atoms with van der Waals surface area (Å²) in [6, 6.07) is 13.1. The fourth-order valence-corrected chi connectivity index (χ4v) is 5.39. The summed E-state index contributed by atoms with van der Waals surface area (Å²) in [5.41, 5.74) is 1.53. The van der Waals surface area contributed by atoms with E-state index in [4.69, 9.17) is 24.2 Å². The highest BCUT2D eigenvalue weighted by Gasteiger charge is 2.34. The van der Waals surface area contributed by atoms with Gasteiger partial charge in [0.05, 0.1) is 42.2 Å². The van der Waals surface area contributed by atoms with Crippen LogP contribution in [0.25, 0.3) is 6.08 Å². The largest absolute Gasteiger partial charge is 0.490 e. The van der Waals surface area contributed by atoms with Crippen LogP contribution in [0.2, 0.25) is 0 Å². The lowest BCUT2D eigenvalue weighted by molar-refractivity contribution is -0.143. The number of esters is 2. The molecular weight excluding hydrogens is 562 g/mol. The van der Waals surface area contributed by atoms with Crippen molar-refractivity contribution >= 4 is 29.4 Å². The second-order valence-corrected chi connectivity index (χ2v) is 9.83. The fraction of sp³-hybridized carbons (Fsp3) is 0.300. The number of methoxy groups -OCH3 is 1. The molecule has 218 valence electrons. The minimum Gasteiger partial charge on any atom is -0.490 e. The Morgan fingerprint density at radius 1 is 1.10 bits per heavy atom. The zero-order chi connectivity index (χ0) is 30.2. The van der Waals surface area contributed by atoms with E-state index in [1.807, 2.05) is 12.1 Å². The molecule has 1 aromatic heterocycles. The molecule has 0 saturated carbocycles. The van der Waals surface area contributed by atoms with Crippen LogP contribution in [-0.2, 0) is 19.1 Å². The van der Waals surface area contributed by atoms with Crippen LogP contribution < -0.4 is 29.1 Å². The van der Waals surface area contributed by atoms with Gasteiger partial charge in [-0.15, -0.1) is 0 Å². The Labute approximate surface area is 245 Å². The minimum absolute atomic E-state index is 0.0994. The van der Waals surface area contributed by atoms with E-state index in [2.05, 4.69) is 9.73 Å². The quantitative estimate of drug-likeness (QED) is 0.308. The number of allylic oxidation sites excluding steroid dienone is 1. The number of nitrogens with zero attached hydrogens (tertiary/aromatic N) is 3. The lowest BCUT2D eigenvalue weighted by Gasteiger charge is -2.25. The Kier molecular flexibility index (Phi) is 9.77. The van der Waals surface area contributed by atoms with Crippen molar-refractivity contribution in [2.24, 2.45) is 4.99 Å². The van der Waals surface area contributed by atoms with Crippen LogP contribution in [0, 0.1) is 11.3 Å². The molecule has 4 rings (SSSR count). The Morgan fingerprint density at radius 2 is 1.90 bits per heavy atom. The predicted molar refractivity (Wildman–Crippen MR) is 153 cm³/mol. The highest BCUT2D eigenvalue weighted by atomic mass is 32.1. The lowest BCUT2D eigenvalue weighted by atomic mass is 9.95. The van der Waals surface area contributed by atoms with E-state index in [-0.39, 0.29) is 31.0 Å². The minimum atomic E-state index is -0.874. The predicted octanol–water partition coefficient (Wildman–Crippen LogP) is 2.65. The second-order valence-electron chi connectivity index (χ2n) is 8.83. The third-order valence-electron chi connectivity index (χ3n) is 6.13. The topological polar surface area (TPSA) is 138 Å². The van der Waals surface area contributed by atoms with E-state index in [1.54, 1.807) is 63.2 Å². The number of benzene rings is 2. The molecule has 2 aromatic carbocycles. The van der Waals surface area contributed by atoms with Gasteiger partial charge in [-0.2, -0.15) is 5.26 Å². The van der Waals surface area contributed by atoms with Crippen LogP contribution in [-0.4, -0.2) is 50.0 Å². The number of carbonyl (C=O) groups is 2. The van der Waals surface area contributed by atoms with Crippen LogP contribution in [0.1, 0.15) is 37.9 Å². The van der Waals surface area contributed by atoms with Crippen LogP contribution in [0.15, 0.2) is 63.5 Å². The van der Waals surface area contributed by atoms with E-state index in [1.165, 1.54) is 23.0 Å². The Morgan fingerprint density at radius 3 is 2.62 bits per heavy atom. The summed E-state index contributed by atoms with van der Waals surface area (Å²) in [6.07, 6.45) is 1.71. The summed E-state index contributed by atoms with van der Waals surface area (Å²) in [7, 11) is 1.26. The van der Waals surface area contributed by atoms with Crippen molar-refractivity contribution in [2.45, 2.75) is 26.8 Å². The fourth-order valence-electron chi connectivity index (χ4n) is 4.35. The number of rotatable bonds is 11. The number of thiazole rings is 1. The van der Waals surface area contributed by atoms with Gasteiger partial charge < -0.3 is 23.7 Å². The number of hydrogen-bond acceptors (Lipinski definition) is 11. The normalized spacial score (nSPS) is 14.4. The van der Waals surface area contributed by atoms with Gasteiger partial charge in [0, 0.05) is 0 Å². The van der Waals surface area contributed by atoms with Crippen molar-refractivity contribution in [1.29, 1.82) is 5.26 Å². The van der Waals surface area contributed by atoms with Crippen LogP contribution in [0.4, 0.5) is 0 Å². The van der Waals surface area contributed by atoms with E-state index in [0.717, 1.165) is 0 Å². The summed E-state index contributed by atoms with van der Waals surface area (Å²) in [4.78, 5) is 43.8. The van der Waals surface area contributed by atoms with E-state index >= 15 is 0 Å². The molecular formula is C30H29N3O8S. The van der Waals surface area contributed by atoms with E-state index < -0.39 is 18.0 Å². The highest BCUT2D eigenvalue weighted by molar-refractivity contribution is 7.07. The zero-order valence-electron chi connectivity index (χ0n) is 23.5.